The van der Waals surface area contributed by atoms with Crippen LogP contribution in [0.1, 0.15) is 11.7 Å². The molecule has 0 unspecified atom stereocenters. The van der Waals surface area contributed by atoms with Crippen LogP contribution in [0.4, 0.5) is 10.5 Å². The molecule has 0 saturated heterocycles. The molecule has 188 valence electrons. The number of rotatable bonds is 8. The first-order valence-electron chi connectivity index (χ1n) is 11.2. The highest BCUT2D eigenvalue weighted by molar-refractivity contribution is 14.1. The minimum absolute atomic E-state index is 0.120. The maximum absolute atomic E-state index is 13.2. The second-order valence-corrected chi connectivity index (χ2v) is 9.16. The first-order valence-corrected chi connectivity index (χ1v) is 12.3. The van der Waals surface area contributed by atoms with Crippen molar-refractivity contribution in [1.29, 1.82) is 0 Å². The van der Waals surface area contributed by atoms with Gasteiger partial charge in [-0.25, -0.2) is 10.3 Å². The van der Waals surface area contributed by atoms with Crippen LogP contribution < -0.4 is 15.5 Å². The van der Waals surface area contributed by atoms with Crippen LogP contribution >= 0.6 is 22.6 Å². The van der Waals surface area contributed by atoms with E-state index < -0.39 is 24.2 Å². The molecule has 0 aliphatic heterocycles. The highest BCUT2D eigenvalue weighted by Gasteiger charge is 2.30. The lowest BCUT2D eigenvalue weighted by atomic mass is 10.0. The van der Waals surface area contributed by atoms with Gasteiger partial charge >= 0.3 is 6.09 Å². The smallest absolute Gasteiger partial charge is 0.412 e. The van der Waals surface area contributed by atoms with Crippen molar-refractivity contribution in [3.63, 3.8) is 0 Å². The summed E-state index contributed by atoms with van der Waals surface area (Å²) in [5.41, 5.74) is 2.34. The van der Waals surface area contributed by atoms with Gasteiger partial charge in [0.15, 0.2) is 12.2 Å². The Labute approximate surface area is 226 Å². The molecule has 0 aromatic heterocycles. The van der Waals surface area contributed by atoms with Gasteiger partial charge in [0.2, 0.25) is 0 Å². The standard InChI is InChI=1S/C28H23IN2O6/c29-19-13-14-24(32)22(17-19)27(25(15-16-26(33)31-35)36-20-9-2-1-3-10-20)37-28(34)30-23-12-6-8-18-7-4-5-11-21(18)23/h1-17,25,27,32,35H,(H,30,34)(H,31,33)/b16-15+/t25-,27-/m1/s1. The van der Waals surface area contributed by atoms with Crippen molar-refractivity contribution < 1.29 is 29.4 Å². The number of benzene rings is 4. The fraction of sp³-hybridized carbons (Fsp3) is 0.0714. The number of nitrogens with one attached hydrogen (secondary N) is 2. The summed E-state index contributed by atoms with van der Waals surface area (Å²) >= 11 is 2.08. The van der Waals surface area contributed by atoms with Gasteiger partial charge in [-0.05, 0) is 70.5 Å². The Morgan fingerprint density at radius 3 is 2.43 bits per heavy atom. The van der Waals surface area contributed by atoms with Crippen molar-refractivity contribution in [2.75, 3.05) is 5.32 Å². The van der Waals surface area contributed by atoms with E-state index in [4.69, 9.17) is 14.7 Å². The van der Waals surface area contributed by atoms with Gasteiger partial charge in [0.05, 0.1) is 5.69 Å². The van der Waals surface area contributed by atoms with E-state index in [-0.39, 0.29) is 11.3 Å². The first-order chi connectivity index (χ1) is 17.9. The maximum atomic E-state index is 13.2. The molecule has 0 bridgehead atoms. The van der Waals surface area contributed by atoms with E-state index >= 15 is 0 Å². The van der Waals surface area contributed by atoms with E-state index in [1.54, 1.807) is 42.5 Å². The number of amides is 2. The van der Waals surface area contributed by atoms with Crippen LogP contribution in [-0.2, 0) is 9.53 Å². The van der Waals surface area contributed by atoms with E-state index in [9.17, 15) is 14.7 Å². The number of hydrogen-bond acceptors (Lipinski definition) is 6. The number of aromatic hydroxyl groups is 1. The maximum Gasteiger partial charge on any atom is 0.412 e. The van der Waals surface area contributed by atoms with Crippen LogP contribution in [0.25, 0.3) is 10.8 Å². The highest BCUT2D eigenvalue weighted by Crippen LogP contribution is 2.34. The van der Waals surface area contributed by atoms with Gasteiger partial charge in [-0.1, -0.05) is 54.6 Å². The zero-order chi connectivity index (χ0) is 26.2. The number of hydroxylamine groups is 1. The summed E-state index contributed by atoms with van der Waals surface area (Å²) in [4.78, 5) is 24.9. The molecule has 0 aliphatic carbocycles. The molecule has 4 aromatic carbocycles. The zero-order valence-corrected chi connectivity index (χ0v) is 21.5. The zero-order valence-electron chi connectivity index (χ0n) is 19.4. The molecule has 4 aromatic rings. The number of anilines is 1. The number of carbonyl (C=O) groups is 2. The number of carbonyl (C=O) groups excluding carboxylic acids is 2. The molecule has 0 fully saturated rings. The van der Waals surface area contributed by atoms with Crippen LogP contribution in [0.3, 0.4) is 0 Å². The summed E-state index contributed by atoms with van der Waals surface area (Å²) in [5.74, 6) is -0.479. The number of ether oxygens (including phenoxy) is 2. The van der Waals surface area contributed by atoms with Crippen LogP contribution in [0.15, 0.2) is 103 Å². The molecule has 2 atom stereocenters. The van der Waals surface area contributed by atoms with E-state index in [1.165, 1.54) is 17.6 Å². The normalized spacial score (nSPS) is 12.6. The second-order valence-electron chi connectivity index (χ2n) is 7.91. The van der Waals surface area contributed by atoms with Crippen molar-refractivity contribution >= 4 is 51.1 Å². The average molecular weight is 610 g/mol. The quantitative estimate of drug-likeness (QED) is 0.0849. The second kappa shape index (κ2) is 12.2. The van der Waals surface area contributed by atoms with E-state index in [1.807, 2.05) is 42.5 Å². The first kappa shape index (κ1) is 26.0. The van der Waals surface area contributed by atoms with E-state index in [2.05, 4.69) is 27.9 Å². The number of phenolic OH excluding ortho intramolecular Hbond substituents is 1. The Morgan fingerprint density at radius 1 is 0.919 bits per heavy atom. The highest BCUT2D eigenvalue weighted by atomic mass is 127. The fourth-order valence-electron chi connectivity index (χ4n) is 3.73. The van der Waals surface area contributed by atoms with Crippen molar-refractivity contribution in [3.05, 3.63) is 112 Å². The van der Waals surface area contributed by atoms with Crippen LogP contribution in [0.2, 0.25) is 0 Å². The van der Waals surface area contributed by atoms with Crippen molar-refractivity contribution in [3.8, 4) is 11.5 Å². The lowest BCUT2D eigenvalue weighted by Crippen LogP contribution is -2.30. The van der Waals surface area contributed by atoms with Crippen LogP contribution in [0.5, 0.6) is 11.5 Å². The van der Waals surface area contributed by atoms with E-state index in [0.717, 1.165) is 20.4 Å². The van der Waals surface area contributed by atoms with Gasteiger partial charge in [-0.3, -0.25) is 15.3 Å². The van der Waals surface area contributed by atoms with Crippen molar-refractivity contribution in [1.82, 2.24) is 5.48 Å². The third kappa shape index (κ3) is 6.78. The molecule has 2 amide bonds. The third-order valence-electron chi connectivity index (χ3n) is 5.42. The summed E-state index contributed by atoms with van der Waals surface area (Å²) in [7, 11) is 0. The predicted molar refractivity (Wildman–Crippen MR) is 148 cm³/mol. The molecule has 9 heteroatoms. The lowest BCUT2D eigenvalue weighted by Gasteiger charge is -2.27. The fourth-order valence-corrected chi connectivity index (χ4v) is 4.24. The SMILES string of the molecule is O=C(/C=C/[C@@H](Oc1ccccc1)[C@H](OC(=O)Nc1cccc2ccccc12)c1cc(I)ccc1O)NO. The van der Waals surface area contributed by atoms with Gasteiger partial charge < -0.3 is 14.6 Å². The van der Waals surface area contributed by atoms with Crippen molar-refractivity contribution in [2.45, 2.75) is 12.2 Å². The summed E-state index contributed by atoms with van der Waals surface area (Å²) in [6, 6.07) is 26.7. The van der Waals surface area contributed by atoms with Crippen LogP contribution in [0, 0.1) is 3.57 Å². The lowest BCUT2D eigenvalue weighted by molar-refractivity contribution is -0.124. The molecular formula is C28H23IN2O6. The third-order valence-corrected chi connectivity index (χ3v) is 6.09. The number of hydrogen-bond donors (Lipinski definition) is 4. The van der Waals surface area contributed by atoms with Gasteiger partial charge in [0.1, 0.15) is 11.5 Å². The molecule has 8 nitrogen and oxygen atoms in total. The summed E-state index contributed by atoms with van der Waals surface area (Å²) < 4.78 is 12.7. The average Bonchev–Trinajstić information content (AvgIpc) is 2.92. The molecule has 0 spiro atoms. The predicted octanol–water partition coefficient (Wildman–Crippen LogP) is 5.95. The minimum atomic E-state index is -1.17. The van der Waals surface area contributed by atoms with Gasteiger partial charge in [0, 0.05) is 20.6 Å². The minimum Gasteiger partial charge on any atom is -0.508 e. The molecule has 37 heavy (non-hydrogen) atoms. The summed E-state index contributed by atoms with van der Waals surface area (Å²) in [6.07, 6.45) is -0.624. The molecule has 0 radical (unpaired) electrons. The monoisotopic (exact) mass is 610 g/mol. The molecule has 0 saturated carbocycles. The van der Waals surface area contributed by atoms with E-state index in [0.29, 0.717) is 11.4 Å². The van der Waals surface area contributed by atoms with Gasteiger partial charge in [-0.15, -0.1) is 0 Å². The molecule has 4 rings (SSSR count). The Morgan fingerprint density at radius 2 is 1.65 bits per heavy atom. The topological polar surface area (TPSA) is 117 Å². The van der Waals surface area contributed by atoms with Crippen molar-refractivity contribution in [2.24, 2.45) is 0 Å². The number of para-hydroxylation sites is 1. The number of fused-ring (bicyclic) bond motifs is 1. The molecule has 4 N–H and O–H groups in total. The molecular weight excluding hydrogens is 587 g/mol. The number of phenols is 1. The Hall–Kier alpha value is -4.09. The molecule has 0 aliphatic rings. The summed E-state index contributed by atoms with van der Waals surface area (Å²) in [6.45, 7) is 0. The Kier molecular flexibility index (Phi) is 8.60. The Balaban J connectivity index is 1.71. The molecule has 0 heterocycles. The van der Waals surface area contributed by atoms with Gasteiger partial charge in [-0.2, -0.15) is 0 Å². The van der Waals surface area contributed by atoms with Crippen LogP contribution in [-0.4, -0.2) is 28.4 Å². The number of halogens is 1. The Bertz CT molecular complexity index is 1420. The van der Waals surface area contributed by atoms with Gasteiger partial charge in [0.25, 0.3) is 5.91 Å². The summed E-state index contributed by atoms with van der Waals surface area (Å²) in [5, 5.41) is 24.2. The largest absolute Gasteiger partial charge is 0.508 e.